The van der Waals surface area contributed by atoms with Crippen molar-refractivity contribution < 1.29 is 31.1 Å². The fourth-order valence-electron chi connectivity index (χ4n) is 2.36. The number of aromatic nitrogens is 4. The Morgan fingerprint density at radius 1 is 1.26 bits per heavy atom. The Bertz CT molecular complexity index is 992. The van der Waals surface area contributed by atoms with Crippen LogP contribution in [0.4, 0.5) is 26.3 Å². The first kappa shape index (κ1) is 19.4. The lowest BCUT2D eigenvalue weighted by molar-refractivity contribution is -0.361. The zero-order valence-electron chi connectivity index (χ0n) is 13.0. The molecule has 0 fully saturated rings. The maximum Gasteiger partial charge on any atom is 0.523 e. The second-order valence-corrected chi connectivity index (χ2v) is 6.37. The Hall–Kier alpha value is -2.32. The molecule has 27 heavy (non-hydrogen) atoms. The first-order valence-electron chi connectivity index (χ1n) is 7.15. The molecular formula is C13H9F6N5O2S. The summed E-state index contributed by atoms with van der Waals surface area (Å²) < 4.78 is 81.6. The van der Waals surface area contributed by atoms with Gasteiger partial charge in [-0.15, -0.1) is 23.4 Å². The van der Waals surface area contributed by atoms with Gasteiger partial charge in [-0.2, -0.15) is 22.8 Å². The Balaban J connectivity index is 2.15. The van der Waals surface area contributed by atoms with E-state index in [2.05, 4.69) is 20.0 Å². The van der Waals surface area contributed by atoms with Crippen LogP contribution < -0.4 is 11.3 Å². The minimum atomic E-state index is -5.08. The van der Waals surface area contributed by atoms with Crippen molar-refractivity contribution in [1.82, 2.24) is 19.8 Å². The number of rotatable bonds is 3. The van der Waals surface area contributed by atoms with E-state index in [1.54, 1.807) is 0 Å². The number of hydrogen-bond acceptors (Lipinski definition) is 7. The predicted octanol–water partition coefficient (Wildman–Crippen LogP) is 2.14. The Morgan fingerprint density at radius 3 is 2.48 bits per heavy atom. The van der Waals surface area contributed by atoms with E-state index >= 15 is 0 Å². The maximum absolute atomic E-state index is 12.9. The van der Waals surface area contributed by atoms with Gasteiger partial charge < -0.3 is 5.73 Å². The third-order valence-corrected chi connectivity index (χ3v) is 4.65. The summed E-state index contributed by atoms with van der Waals surface area (Å²) >= 11 is 0.460. The summed E-state index contributed by atoms with van der Waals surface area (Å²) in [4.78, 5) is 11.5. The standard InChI is InChI=1S/C13H9F6N5O2S/c14-12(15,16)7-8(25)24-10(22-21-7)27-9(23-24)11(26-13(17,18)19)3-1-6(5-20)2-4-11/h1-3H,4-5,20H2/t11-/m0/s1. The number of nitrogens with zero attached hydrogens (tertiary/aromatic N) is 4. The maximum atomic E-state index is 12.9. The van der Waals surface area contributed by atoms with E-state index in [0.29, 0.717) is 16.9 Å². The second-order valence-electron chi connectivity index (χ2n) is 5.41. The van der Waals surface area contributed by atoms with E-state index in [-0.39, 0.29) is 17.5 Å². The number of hydrogen-bond donors (Lipinski definition) is 1. The molecule has 0 radical (unpaired) electrons. The molecular weight excluding hydrogens is 404 g/mol. The molecule has 3 rings (SSSR count). The van der Waals surface area contributed by atoms with Crippen LogP contribution in [0.3, 0.4) is 0 Å². The topological polar surface area (TPSA) is 95.4 Å². The van der Waals surface area contributed by atoms with Crippen LogP contribution in [0.2, 0.25) is 0 Å². The predicted molar refractivity (Wildman–Crippen MR) is 79.6 cm³/mol. The third kappa shape index (κ3) is 3.72. The van der Waals surface area contributed by atoms with Crippen molar-refractivity contribution >= 4 is 16.3 Å². The van der Waals surface area contributed by atoms with Gasteiger partial charge in [-0.1, -0.05) is 23.5 Å². The summed E-state index contributed by atoms with van der Waals surface area (Å²) in [5, 5.41) is 9.24. The van der Waals surface area contributed by atoms with Gasteiger partial charge in [0.1, 0.15) is 0 Å². The highest BCUT2D eigenvalue weighted by Crippen LogP contribution is 2.41. The average molecular weight is 413 g/mol. The van der Waals surface area contributed by atoms with Crippen LogP contribution in [-0.4, -0.2) is 32.7 Å². The molecule has 0 saturated carbocycles. The fourth-order valence-corrected chi connectivity index (χ4v) is 3.31. The molecule has 146 valence electrons. The van der Waals surface area contributed by atoms with Crippen molar-refractivity contribution in [3.05, 3.63) is 44.9 Å². The van der Waals surface area contributed by atoms with Crippen molar-refractivity contribution in [1.29, 1.82) is 0 Å². The van der Waals surface area contributed by atoms with Gasteiger partial charge in [0.2, 0.25) is 10.7 Å². The molecule has 2 aromatic rings. The van der Waals surface area contributed by atoms with Crippen LogP contribution in [0.15, 0.2) is 28.6 Å². The normalized spacial score (nSPS) is 20.9. The van der Waals surface area contributed by atoms with Gasteiger partial charge in [-0.25, -0.2) is 0 Å². The first-order valence-corrected chi connectivity index (χ1v) is 7.96. The van der Waals surface area contributed by atoms with Gasteiger partial charge in [0.15, 0.2) is 10.6 Å². The molecule has 1 aliphatic carbocycles. The van der Waals surface area contributed by atoms with Gasteiger partial charge >= 0.3 is 18.1 Å². The molecule has 2 heterocycles. The number of alkyl halides is 6. The van der Waals surface area contributed by atoms with Gasteiger partial charge in [0, 0.05) is 13.0 Å². The van der Waals surface area contributed by atoms with Gasteiger partial charge in [0.05, 0.1) is 0 Å². The number of nitrogens with two attached hydrogens (primary N) is 1. The van der Waals surface area contributed by atoms with Crippen LogP contribution in [0.1, 0.15) is 17.1 Å². The summed E-state index contributed by atoms with van der Waals surface area (Å²) in [6.07, 6.45) is -6.79. The van der Waals surface area contributed by atoms with Gasteiger partial charge in [-0.05, 0) is 11.6 Å². The van der Waals surface area contributed by atoms with E-state index in [4.69, 9.17) is 5.73 Å². The smallest absolute Gasteiger partial charge is 0.327 e. The highest BCUT2D eigenvalue weighted by atomic mass is 32.1. The minimum Gasteiger partial charge on any atom is -0.327 e. The minimum absolute atomic E-state index is 0.0678. The Labute approximate surface area is 149 Å². The molecule has 2 aromatic heterocycles. The zero-order chi connectivity index (χ0) is 20.0. The van der Waals surface area contributed by atoms with E-state index < -0.39 is 39.4 Å². The molecule has 1 aliphatic rings. The Kier molecular flexibility index (Phi) is 4.60. The van der Waals surface area contributed by atoms with Gasteiger partial charge in [-0.3, -0.25) is 9.53 Å². The van der Waals surface area contributed by atoms with Crippen LogP contribution in [0.5, 0.6) is 0 Å². The molecule has 2 N–H and O–H groups in total. The molecule has 0 unspecified atom stereocenters. The number of halogens is 6. The van der Waals surface area contributed by atoms with Crippen molar-refractivity contribution in [2.75, 3.05) is 6.54 Å². The first-order chi connectivity index (χ1) is 12.5. The lowest BCUT2D eigenvalue weighted by Crippen LogP contribution is -2.35. The summed E-state index contributed by atoms with van der Waals surface area (Å²) in [5.41, 5.74) is 0.330. The van der Waals surface area contributed by atoms with E-state index in [0.717, 1.165) is 6.08 Å². The summed E-state index contributed by atoms with van der Waals surface area (Å²) in [7, 11) is 0. The van der Waals surface area contributed by atoms with Gasteiger partial charge in [0.25, 0.3) is 0 Å². The summed E-state index contributed by atoms with van der Waals surface area (Å²) in [5.74, 6) is 0. The van der Waals surface area contributed by atoms with Crippen molar-refractivity contribution in [2.45, 2.75) is 24.6 Å². The van der Waals surface area contributed by atoms with Crippen molar-refractivity contribution in [2.24, 2.45) is 5.73 Å². The lowest BCUT2D eigenvalue weighted by Gasteiger charge is -2.30. The largest absolute Gasteiger partial charge is 0.523 e. The van der Waals surface area contributed by atoms with Crippen molar-refractivity contribution in [3.8, 4) is 0 Å². The van der Waals surface area contributed by atoms with E-state index in [9.17, 15) is 31.1 Å². The zero-order valence-corrected chi connectivity index (χ0v) is 13.8. The lowest BCUT2D eigenvalue weighted by atomic mass is 9.92. The summed E-state index contributed by atoms with van der Waals surface area (Å²) in [6.45, 7) is 0.0678. The molecule has 0 aliphatic heterocycles. The average Bonchev–Trinajstić information content (AvgIpc) is 2.99. The third-order valence-electron chi connectivity index (χ3n) is 3.59. The van der Waals surface area contributed by atoms with Crippen LogP contribution in [-0.2, 0) is 16.5 Å². The van der Waals surface area contributed by atoms with Crippen molar-refractivity contribution in [3.63, 3.8) is 0 Å². The number of fused-ring (bicyclic) bond motifs is 1. The van der Waals surface area contributed by atoms with Crippen LogP contribution in [0.25, 0.3) is 4.96 Å². The molecule has 0 aromatic carbocycles. The quantitative estimate of drug-likeness (QED) is 0.775. The Morgan fingerprint density at radius 2 is 1.96 bits per heavy atom. The number of ether oxygens (including phenoxy) is 1. The SMILES string of the molecule is NCC1=CC[C@](OC(F)(F)F)(c2nn3c(=O)c(C(F)(F)F)nnc3s2)C=C1. The molecule has 7 nitrogen and oxygen atoms in total. The van der Waals surface area contributed by atoms with E-state index in [1.165, 1.54) is 12.2 Å². The van der Waals surface area contributed by atoms with Crippen LogP contribution in [0, 0.1) is 0 Å². The second kappa shape index (κ2) is 6.38. The molecule has 0 amide bonds. The molecule has 0 saturated heterocycles. The van der Waals surface area contributed by atoms with E-state index in [1.807, 2.05) is 0 Å². The highest BCUT2D eigenvalue weighted by Gasteiger charge is 2.46. The van der Waals surface area contributed by atoms with Crippen LogP contribution >= 0.6 is 11.3 Å². The molecule has 0 spiro atoms. The fraction of sp³-hybridized carbons (Fsp3) is 0.385. The molecule has 1 atom stereocenters. The summed E-state index contributed by atoms with van der Waals surface area (Å²) in [6, 6.07) is 0. The molecule has 0 bridgehead atoms. The highest BCUT2D eigenvalue weighted by molar-refractivity contribution is 7.16. The molecule has 14 heteroatoms. The monoisotopic (exact) mass is 413 g/mol.